The molecule has 0 aliphatic carbocycles. The van der Waals surface area contributed by atoms with E-state index < -0.39 is 36.5 Å². The summed E-state index contributed by atoms with van der Waals surface area (Å²) in [6.45, 7) is 10.8. The maximum atomic E-state index is 11.4. The van der Waals surface area contributed by atoms with Crippen LogP contribution in [0.3, 0.4) is 0 Å². The van der Waals surface area contributed by atoms with Crippen molar-refractivity contribution in [2.45, 2.75) is 78.0 Å². The molecule has 0 bridgehead atoms. The summed E-state index contributed by atoms with van der Waals surface area (Å²) in [4.78, 5) is 22.7. The van der Waals surface area contributed by atoms with E-state index in [0.29, 0.717) is 5.75 Å². The Hall–Kier alpha value is -2.08. The fraction of sp³-hybridized carbons (Fsp3) is 0.600. The molecule has 0 radical (unpaired) electrons. The van der Waals surface area contributed by atoms with Crippen LogP contribution in [-0.2, 0) is 29.2 Å². The summed E-state index contributed by atoms with van der Waals surface area (Å²) in [5, 5.41) is 0. The Labute approximate surface area is 154 Å². The van der Waals surface area contributed by atoms with Crippen molar-refractivity contribution in [3.63, 3.8) is 0 Å². The molecule has 0 saturated carbocycles. The molecular weight excluding hydrogens is 336 g/mol. The molecule has 1 aromatic rings. The van der Waals surface area contributed by atoms with E-state index in [9.17, 15) is 9.59 Å². The van der Waals surface area contributed by atoms with Crippen molar-refractivity contribution in [2.24, 2.45) is 0 Å². The smallest absolute Gasteiger partial charge is 0.303 e. The van der Waals surface area contributed by atoms with E-state index in [4.69, 9.17) is 18.9 Å². The van der Waals surface area contributed by atoms with E-state index >= 15 is 0 Å². The van der Waals surface area contributed by atoms with Crippen LogP contribution in [0.15, 0.2) is 24.3 Å². The molecule has 0 spiro atoms. The Morgan fingerprint density at radius 3 is 2.12 bits per heavy atom. The molecule has 1 aromatic carbocycles. The molecule has 2 unspecified atom stereocenters. The Morgan fingerprint density at radius 1 is 1.04 bits per heavy atom. The second-order valence-corrected chi connectivity index (χ2v) is 7.62. The molecule has 1 fully saturated rings. The minimum atomic E-state index is -0.653. The number of ether oxygens (including phenoxy) is 4. The first-order valence-corrected chi connectivity index (χ1v) is 8.83. The van der Waals surface area contributed by atoms with Crippen molar-refractivity contribution >= 4 is 11.9 Å². The second-order valence-electron chi connectivity index (χ2n) is 7.62. The first kappa shape index (κ1) is 20.2. The zero-order valence-electron chi connectivity index (χ0n) is 16.3. The van der Waals surface area contributed by atoms with Gasteiger partial charge in [-0.3, -0.25) is 9.59 Å². The quantitative estimate of drug-likeness (QED) is 0.763. The van der Waals surface area contributed by atoms with Crippen LogP contribution in [-0.4, -0.2) is 36.5 Å². The zero-order chi connectivity index (χ0) is 19.5. The molecule has 1 aliphatic rings. The van der Waals surface area contributed by atoms with Crippen molar-refractivity contribution in [3.8, 4) is 5.75 Å². The summed E-state index contributed by atoms with van der Waals surface area (Å²) in [5.74, 6) is -0.211. The molecule has 1 heterocycles. The standard InChI is InChI=1S/C20H28O6/c1-12-19(25-14(3)22)17(24-13(2)21)11-18(23-12)26-16-9-7-15(8-10-16)20(4,5)6/h7-10,12,17-19H,11H2,1-6H3/t12?,17-,18+,19?/m1/s1. The Bertz CT molecular complexity index is 631. The summed E-state index contributed by atoms with van der Waals surface area (Å²) in [7, 11) is 0. The second kappa shape index (κ2) is 8.08. The molecule has 26 heavy (non-hydrogen) atoms. The summed E-state index contributed by atoms with van der Waals surface area (Å²) in [6.07, 6.45) is -2.04. The summed E-state index contributed by atoms with van der Waals surface area (Å²) in [6, 6.07) is 7.83. The molecule has 0 amide bonds. The summed E-state index contributed by atoms with van der Waals surface area (Å²) in [5.41, 5.74) is 1.27. The molecule has 1 aliphatic heterocycles. The Kier molecular flexibility index (Phi) is 6.29. The Balaban J connectivity index is 2.08. The average molecular weight is 364 g/mol. The van der Waals surface area contributed by atoms with Gasteiger partial charge in [-0.1, -0.05) is 32.9 Å². The fourth-order valence-corrected chi connectivity index (χ4v) is 2.95. The fourth-order valence-electron chi connectivity index (χ4n) is 2.95. The van der Waals surface area contributed by atoms with Crippen molar-refractivity contribution < 1.29 is 28.5 Å². The molecule has 6 nitrogen and oxygen atoms in total. The van der Waals surface area contributed by atoms with Crippen LogP contribution in [0.4, 0.5) is 0 Å². The van der Waals surface area contributed by atoms with E-state index in [-0.39, 0.29) is 11.8 Å². The lowest BCUT2D eigenvalue weighted by Crippen LogP contribution is -2.52. The van der Waals surface area contributed by atoms with Gasteiger partial charge in [0.25, 0.3) is 0 Å². The highest BCUT2D eigenvalue weighted by Crippen LogP contribution is 2.29. The van der Waals surface area contributed by atoms with E-state index in [0.717, 1.165) is 0 Å². The molecule has 6 heteroatoms. The SMILES string of the molecule is CC(=O)OC1C(C)O[C@@H](Oc2ccc(C(C)(C)C)cc2)C[C@H]1OC(C)=O. The minimum absolute atomic E-state index is 0.0616. The van der Waals surface area contributed by atoms with Gasteiger partial charge in [-0.25, -0.2) is 0 Å². The van der Waals surface area contributed by atoms with Gasteiger partial charge in [0.05, 0.1) is 12.5 Å². The molecule has 0 N–H and O–H groups in total. The van der Waals surface area contributed by atoms with Crippen molar-refractivity contribution in [2.75, 3.05) is 0 Å². The number of benzene rings is 1. The van der Waals surface area contributed by atoms with Crippen LogP contribution in [0.25, 0.3) is 0 Å². The first-order chi connectivity index (χ1) is 12.1. The monoisotopic (exact) mass is 364 g/mol. The normalized spacial score (nSPS) is 26.1. The van der Waals surface area contributed by atoms with Crippen LogP contribution in [0, 0.1) is 0 Å². The van der Waals surface area contributed by atoms with Gasteiger partial charge in [0.2, 0.25) is 6.29 Å². The van der Waals surface area contributed by atoms with Gasteiger partial charge in [-0.05, 0) is 30.0 Å². The number of esters is 2. The molecule has 4 atom stereocenters. The topological polar surface area (TPSA) is 71.1 Å². The van der Waals surface area contributed by atoms with E-state index in [2.05, 4.69) is 20.8 Å². The zero-order valence-corrected chi connectivity index (χ0v) is 16.3. The van der Waals surface area contributed by atoms with Crippen LogP contribution in [0.5, 0.6) is 5.75 Å². The predicted octanol–water partition coefficient (Wildman–Crippen LogP) is 3.36. The van der Waals surface area contributed by atoms with Gasteiger partial charge in [-0.2, -0.15) is 0 Å². The maximum absolute atomic E-state index is 11.4. The lowest BCUT2D eigenvalue weighted by atomic mass is 9.87. The maximum Gasteiger partial charge on any atom is 0.303 e. The lowest BCUT2D eigenvalue weighted by molar-refractivity contribution is -0.233. The number of rotatable bonds is 4. The number of hydrogen-bond donors (Lipinski definition) is 0. The van der Waals surface area contributed by atoms with Crippen molar-refractivity contribution in [3.05, 3.63) is 29.8 Å². The number of carbonyl (C=O) groups is 2. The molecule has 144 valence electrons. The number of hydrogen-bond acceptors (Lipinski definition) is 6. The third-order valence-electron chi connectivity index (χ3n) is 4.23. The van der Waals surface area contributed by atoms with Crippen LogP contribution in [0.2, 0.25) is 0 Å². The highest BCUT2D eigenvalue weighted by molar-refractivity contribution is 5.67. The van der Waals surface area contributed by atoms with Gasteiger partial charge in [0.15, 0.2) is 6.10 Å². The molecule has 0 aromatic heterocycles. The van der Waals surface area contributed by atoms with Crippen LogP contribution >= 0.6 is 0 Å². The van der Waals surface area contributed by atoms with Gasteiger partial charge >= 0.3 is 11.9 Å². The van der Waals surface area contributed by atoms with Crippen molar-refractivity contribution in [1.82, 2.24) is 0 Å². The van der Waals surface area contributed by atoms with E-state index in [1.54, 1.807) is 6.92 Å². The predicted molar refractivity (Wildman–Crippen MR) is 95.8 cm³/mol. The van der Waals surface area contributed by atoms with Gasteiger partial charge in [0, 0.05) is 13.8 Å². The minimum Gasteiger partial charge on any atom is -0.465 e. The third kappa shape index (κ3) is 5.46. The summed E-state index contributed by atoms with van der Waals surface area (Å²) >= 11 is 0. The average Bonchev–Trinajstić information content (AvgIpc) is 2.49. The van der Waals surface area contributed by atoms with Gasteiger partial charge < -0.3 is 18.9 Å². The molecule has 2 rings (SSSR count). The van der Waals surface area contributed by atoms with Crippen LogP contribution in [0.1, 0.15) is 53.5 Å². The molecule has 1 saturated heterocycles. The Morgan fingerprint density at radius 2 is 1.62 bits per heavy atom. The highest BCUT2D eigenvalue weighted by Gasteiger charge is 2.41. The van der Waals surface area contributed by atoms with Gasteiger partial charge in [-0.15, -0.1) is 0 Å². The van der Waals surface area contributed by atoms with E-state index in [1.807, 2.05) is 24.3 Å². The first-order valence-electron chi connectivity index (χ1n) is 8.83. The molecular formula is C20H28O6. The highest BCUT2D eigenvalue weighted by atomic mass is 16.7. The van der Waals surface area contributed by atoms with Gasteiger partial charge in [0.1, 0.15) is 11.9 Å². The third-order valence-corrected chi connectivity index (χ3v) is 4.23. The van der Waals surface area contributed by atoms with E-state index in [1.165, 1.54) is 19.4 Å². The van der Waals surface area contributed by atoms with Crippen LogP contribution < -0.4 is 4.74 Å². The largest absolute Gasteiger partial charge is 0.465 e. The van der Waals surface area contributed by atoms with Crippen molar-refractivity contribution in [1.29, 1.82) is 0 Å². The lowest BCUT2D eigenvalue weighted by Gasteiger charge is -2.38. The number of carbonyl (C=O) groups excluding carboxylic acids is 2. The summed E-state index contributed by atoms with van der Waals surface area (Å²) < 4.78 is 22.3.